The molecule has 224 valence electrons. The minimum atomic E-state index is 0.0842. The zero-order valence-corrected chi connectivity index (χ0v) is 25.6. The third-order valence-corrected chi connectivity index (χ3v) is 8.27. The fourth-order valence-electron chi connectivity index (χ4n) is 6.01. The molecule has 41 heavy (non-hydrogen) atoms. The number of anilines is 1. The van der Waals surface area contributed by atoms with Crippen LogP contribution in [0.15, 0.2) is 41.8 Å². The fraction of sp³-hybridized carbons (Fsp3) is 0.576. The smallest absolute Gasteiger partial charge is 0.231 e. The van der Waals surface area contributed by atoms with Crippen molar-refractivity contribution in [3.8, 4) is 5.88 Å². The van der Waals surface area contributed by atoms with E-state index < -0.39 is 0 Å². The van der Waals surface area contributed by atoms with Crippen LogP contribution in [0.1, 0.15) is 94.2 Å². The van der Waals surface area contributed by atoms with Crippen LogP contribution in [0.2, 0.25) is 0 Å². The largest absolute Gasteiger partial charge is 0.481 e. The van der Waals surface area contributed by atoms with Gasteiger partial charge in [-0.3, -0.25) is 14.7 Å². The van der Waals surface area contributed by atoms with Gasteiger partial charge in [0.25, 0.3) is 0 Å². The van der Waals surface area contributed by atoms with Crippen molar-refractivity contribution in [1.82, 2.24) is 9.97 Å². The minimum absolute atomic E-state index is 0.0842. The van der Waals surface area contributed by atoms with Crippen molar-refractivity contribution in [2.24, 2.45) is 22.6 Å². The molecule has 0 bridgehead atoms. The Labute approximate surface area is 246 Å². The van der Waals surface area contributed by atoms with Crippen LogP contribution >= 0.6 is 0 Å². The van der Waals surface area contributed by atoms with Gasteiger partial charge in [-0.1, -0.05) is 19.3 Å². The number of allylic oxidation sites excluding steroid dienone is 1. The molecule has 8 nitrogen and oxygen atoms in total. The van der Waals surface area contributed by atoms with Gasteiger partial charge in [-0.25, -0.2) is 9.97 Å². The van der Waals surface area contributed by atoms with E-state index in [-0.39, 0.29) is 17.9 Å². The number of nitrogens with zero attached hydrogens (tertiary/aromatic N) is 4. The first-order valence-corrected chi connectivity index (χ1v) is 15.1. The fourth-order valence-corrected chi connectivity index (χ4v) is 6.01. The first kappa shape index (κ1) is 32.3. The van der Waals surface area contributed by atoms with E-state index in [1.165, 1.54) is 12.0 Å². The quantitative estimate of drug-likeness (QED) is 0.358. The van der Waals surface area contributed by atoms with Crippen LogP contribution in [0.25, 0.3) is 5.57 Å². The third kappa shape index (κ3) is 8.86. The molecule has 8 heteroatoms. The summed E-state index contributed by atoms with van der Waals surface area (Å²) in [5, 5.41) is 7.00. The first-order valence-electron chi connectivity index (χ1n) is 15.1. The maximum atomic E-state index is 13.9. The second kappa shape index (κ2) is 16.2. The van der Waals surface area contributed by atoms with Crippen LogP contribution in [0.3, 0.4) is 0 Å². The van der Waals surface area contributed by atoms with E-state index in [0.717, 1.165) is 81.0 Å². The molecule has 4 rings (SSSR count). The van der Waals surface area contributed by atoms with Gasteiger partial charge in [-0.15, -0.1) is 0 Å². The van der Waals surface area contributed by atoms with E-state index in [1.807, 2.05) is 43.3 Å². The van der Waals surface area contributed by atoms with Crippen LogP contribution < -0.4 is 15.4 Å². The lowest BCUT2D eigenvalue weighted by Gasteiger charge is -2.35. The summed E-state index contributed by atoms with van der Waals surface area (Å²) in [7, 11) is 2.66. The van der Waals surface area contributed by atoms with E-state index in [9.17, 15) is 4.79 Å². The lowest BCUT2D eigenvalue weighted by atomic mass is 9.78. The molecule has 2 aromatic rings. The molecule has 0 aromatic carbocycles. The van der Waals surface area contributed by atoms with Crippen LogP contribution in [0.4, 0.5) is 5.82 Å². The Hall–Kier alpha value is -3.26. The molecule has 0 radical (unpaired) electrons. The molecule has 2 fully saturated rings. The molecule has 1 amide bonds. The number of nitrogens with two attached hydrogens (primary N) is 1. The van der Waals surface area contributed by atoms with Crippen molar-refractivity contribution in [2.75, 3.05) is 25.7 Å². The molecule has 0 aliphatic heterocycles. The maximum absolute atomic E-state index is 13.9. The van der Waals surface area contributed by atoms with Gasteiger partial charge in [0, 0.05) is 61.6 Å². The number of aliphatic hydroxyl groups is 1. The van der Waals surface area contributed by atoms with Crippen molar-refractivity contribution in [3.63, 3.8) is 0 Å². The monoisotopic (exact) mass is 563 g/mol. The Bertz CT molecular complexity index is 1170. The molecular formula is C33H49N5O3. The number of amides is 1. The Balaban J connectivity index is 0.00000226. The minimum Gasteiger partial charge on any atom is -0.481 e. The highest BCUT2D eigenvalue weighted by molar-refractivity contribution is 6.10. The van der Waals surface area contributed by atoms with Crippen LogP contribution in [-0.2, 0) is 4.79 Å². The van der Waals surface area contributed by atoms with Gasteiger partial charge in [-0.2, -0.15) is 0 Å². The molecule has 2 aromatic heterocycles. The average Bonchev–Trinajstić information content (AvgIpc) is 3.01. The number of aliphatic imine (C=N–C) groups is 1. The Kier molecular flexibility index (Phi) is 12.8. The number of ether oxygens (including phenoxy) is 1. The number of hydrogen-bond acceptors (Lipinski definition) is 7. The summed E-state index contributed by atoms with van der Waals surface area (Å²) in [4.78, 5) is 29.6. The second-order valence-electron chi connectivity index (χ2n) is 11.5. The molecule has 0 unspecified atom stereocenters. The molecule has 0 atom stereocenters. The number of aromatic nitrogens is 2. The summed E-state index contributed by atoms with van der Waals surface area (Å²) in [6, 6.07) is 6.34. The normalized spacial score (nSPS) is 20.0. The Morgan fingerprint density at radius 2 is 1.83 bits per heavy atom. The van der Waals surface area contributed by atoms with E-state index >= 15 is 0 Å². The SMILES string of the molecule is CO.COc1ncc(C2CCC(CN(C(=O)C3CCCCC3)c3cc(/C(C=NC(C)C)=C/N)ccn3)CC2)cc1C. The van der Waals surface area contributed by atoms with E-state index in [4.69, 9.17) is 20.6 Å². The highest BCUT2D eigenvalue weighted by Gasteiger charge is 2.31. The molecule has 2 saturated carbocycles. The predicted molar refractivity (Wildman–Crippen MR) is 167 cm³/mol. The number of hydrogen-bond donors (Lipinski definition) is 2. The van der Waals surface area contributed by atoms with Crippen molar-refractivity contribution < 1.29 is 14.6 Å². The number of aliphatic hydroxyl groups excluding tert-OH is 1. The summed E-state index contributed by atoms with van der Waals surface area (Å²) in [6.07, 6.45) is 16.9. The van der Waals surface area contributed by atoms with Crippen molar-refractivity contribution >= 4 is 23.5 Å². The lowest BCUT2D eigenvalue weighted by Crippen LogP contribution is -2.41. The van der Waals surface area contributed by atoms with Gasteiger partial charge in [-0.05, 0) is 100 Å². The number of aryl methyl sites for hydroxylation is 1. The number of rotatable bonds is 9. The maximum Gasteiger partial charge on any atom is 0.231 e. The summed E-state index contributed by atoms with van der Waals surface area (Å²) in [5.74, 6) is 2.67. The first-order chi connectivity index (χ1) is 19.9. The van der Waals surface area contributed by atoms with Crippen LogP contribution in [-0.4, -0.2) is 54.0 Å². The van der Waals surface area contributed by atoms with Gasteiger partial charge in [0.15, 0.2) is 0 Å². The van der Waals surface area contributed by atoms with Crippen LogP contribution in [0.5, 0.6) is 5.88 Å². The molecular weight excluding hydrogens is 514 g/mol. The summed E-state index contributed by atoms with van der Waals surface area (Å²) in [6.45, 7) is 6.83. The summed E-state index contributed by atoms with van der Waals surface area (Å²) < 4.78 is 5.34. The molecule has 3 N–H and O–H groups in total. The average molecular weight is 564 g/mol. The zero-order chi connectivity index (χ0) is 29.8. The standard InChI is InChI=1S/C32H45N5O2.CH4O/c1-22(2)35-20-29(18-33)27-14-15-34-30(17-27)37(32(38)26-8-6-5-7-9-26)21-24-10-12-25(13-11-24)28-16-23(3)31(39-4)36-19-28;1-2/h14-20,22,24-26H,5-13,21,33H2,1-4H3;2H,1H3/b29-18+,35-20?;. The van der Waals surface area contributed by atoms with E-state index in [0.29, 0.717) is 24.3 Å². The van der Waals surface area contributed by atoms with Crippen molar-refractivity contribution in [1.29, 1.82) is 0 Å². The highest BCUT2D eigenvalue weighted by atomic mass is 16.5. The number of carbonyl (C=O) groups is 1. The van der Waals surface area contributed by atoms with Gasteiger partial charge in [0.05, 0.1) is 7.11 Å². The molecule has 2 aliphatic rings. The summed E-state index contributed by atoms with van der Waals surface area (Å²) in [5.41, 5.74) is 10.1. The van der Waals surface area contributed by atoms with Crippen molar-refractivity contribution in [2.45, 2.75) is 90.5 Å². The molecule has 2 aliphatic carbocycles. The Morgan fingerprint density at radius 3 is 2.44 bits per heavy atom. The predicted octanol–water partition coefficient (Wildman–Crippen LogP) is 6.07. The lowest BCUT2D eigenvalue weighted by molar-refractivity contribution is -0.123. The molecule has 0 spiro atoms. The third-order valence-electron chi connectivity index (χ3n) is 8.27. The van der Waals surface area contributed by atoms with E-state index in [1.54, 1.807) is 19.5 Å². The van der Waals surface area contributed by atoms with Gasteiger partial charge < -0.3 is 15.6 Å². The highest BCUT2D eigenvalue weighted by Crippen LogP contribution is 2.38. The molecule has 2 heterocycles. The Morgan fingerprint density at radius 1 is 1.12 bits per heavy atom. The van der Waals surface area contributed by atoms with Gasteiger partial charge >= 0.3 is 0 Å². The van der Waals surface area contributed by atoms with E-state index in [2.05, 4.69) is 23.0 Å². The van der Waals surface area contributed by atoms with Gasteiger partial charge in [0.2, 0.25) is 11.8 Å². The van der Waals surface area contributed by atoms with Gasteiger partial charge in [0.1, 0.15) is 5.82 Å². The second-order valence-corrected chi connectivity index (χ2v) is 11.5. The number of pyridine rings is 2. The summed E-state index contributed by atoms with van der Waals surface area (Å²) >= 11 is 0. The molecule has 0 saturated heterocycles. The number of methoxy groups -OCH3 is 1. The van der Waals surface area contributed by atoms with Crippen LogP contribution in [0, 0.1) is 18.8 Å². The zero-order valence-electron chi connectivity index (χ0n) is 25.6. The van der Waals surface area contributed by atoms with Crippen molar-refractivity contribution in [3.05, 3.63) is 53.5 Å². The topological polar surface area (TPSA) is 114 Å². The number of carbonyl (C=O) groups excluding carboxylic acids is 1.